The molecule has 0 heterocycles. The summed E-state index contributed by atoms with van der Waals surface area (Å²) >= 11 is 3.55. The van der Waals surface area contributed by atoms with Crippen LogP contribution in [0, 0.1) is 5.92 Å². The van der Waals surface area contributed by atoms with Crippen LogP contribution in [-0.4, -0.2) is 41.9 Å². The van der Waals surface area contributed by atoms with Gasteiger partial charge in [0, 0.05) is 18.4 Å². The standard InChI is InChI=1S/C11H20BrNO2/c1-8(2)15-7-11(14)13(3)6-9-4-10(12)5-9/h8-10H,4-7H2,1-3H3. The van der Waals surface area contributed by atoms with Gasteiger partial charge in [-0.05, 0) is 32.6 Å². The van der Waals surface area contributed by atoms with E-state index in [1.807, 2.05) is 20.9 Å². The van der Waals surface area contributed by atoms with Gasteiger partial charge < -0.3 is 9.64 Å². The van der Waals surface area contributed by atoms with Crippen molar-refractivity contribution in [1.29, 1.82) is 0 Å². The van der Waals surface area contributed by atoms with Gasteiger partial charge >= 0.3 is 0 Å². The number of amides is 1. The quantitative estimate of drug-likeness (QED) is 0.720. The highest BCUT2D eigenvalue weighted by Crippen LogP contribution is 2.33. The number of rotatable bonds is 5. The summed E-state index contributed by atoms with van der Waals surface area (Å²) in [7, 11) is 1.85. The fourth-order valence-electron chi connectivity index (χ4n) is 1.64. The summed E-state index contributed by atoms with van der Waals surface area (Å²) in [6, 6.07) is 0. The van der Waals surface area contributed by atoms with Crippen molar-refractivity contribution < 1.29 is 9.53 Å². The van der Waals surface area contributed by atoms with Gasteiger partial charge in [0.25, 0.3) is 0 Å². The summed E-state index contributed by atoms with van der Waals surface area (Å²) in [5, 5.41) is 0. The SMILES string of the molecule is CC(C)OCC(=O)N(C)CC1CC(Br)C1. The number of alkyl halides is 1. The van der Waals surface area contributed by atoms with Crippen LogP contribution in [0.2, 0.25) is 0 Å². The zero-order valence-electron chi connectivity index (χ0n) is 9.70. The second kappa shape index (κ2) is 5.85. The van der Waals surface area contributed by atoms with Gasteiger partial charge in [-0.3, -0.25) is 4.79 Å². The van der Waals surface area contributed by atoms with Gasteiger partial charge in [0.15, 0.2) is 0 Å². The first-order chi connectivity index (χ1) is 6.99. The fourth-order valence-corrected chi connectivity index (χ4v) is 2.70. The van der Waals surface area contributed by atoms with Crippen molar-refractivity contribution in [2.75, 3.05) is 20.2 Å². The molecule has 3 nitrogen and oxygen atoms in total. The molecule has 0 aromatic carbocycles. The van der Waals surface area contributed by atoms with Crippen LogP contribution in [-0.2, 0) is 9.53 Å². The Hall–Kier alpha value is -0.0900. The summed E-state index contributed by atoms with van der Waals surface area (Å²) in [4.78, 5) is 14.0. The highest BCUT2D eigenvalue weighted by molar-refractivity contribution is 9.09. The number of hydrogen-bond donors (Lipinski definition) is 0. The van der Waals surface area contributed by atoms with Gasteiger partial charge in [-0.1, -0.05) is 15.9 Å². The van der Waals surface area contributed by atoms with Crippen LogP contribution >= 0.6 is 15.9 Å². The van der Waals surface area contributed by atoms with Crippen LogP contribution < -0.4 is 0 Å². The molecule has 0 N–H and O–H groups in total. The molecule has 0 aromatic rings. The highest BCUT2D eigenvalue weighted by Gasteiger charge is 2.28. The van der Waals surface area contributed by atoms with Gasteiger partial charge in [0.2, 0.25) is 5.91 Å². The molecule has 88 valence electrons. The van der Waals surface area contributed by atoms with Crippen molar-refractivity contribution in [2.24, 2.45) is 5.92 Å². The maximum Gasteiger partial charge on any atom is 0.248 e. The maximum atomic E-state index is 11.6. The molecule has 1 aliphatic rings. The third-order valence-corrected chi connectivity index (χ3v) is 3.42. The van der Waals surface area contributed by atoms with Crippen molar-refractivity contribution in [3.8, 4) is 0 Å². The van der Waals surface area contributed by atoms with E-state index in [2.05, 4.69) is 15.9 Å². The van der Waals surface area contributed by atoms with Crippen molar-refractivity contribution in [3.05, 3.63) is 0 Å². The lowest BCUT2D eigenvalue weighted by molar-refractivity contribution is -0.137. The van der Waals surface area contributed by atoms with Crippen LogP contribution in [0.5, 0.6) is 0 Å². The number of carbonyl (C=O) groups is 1. The molecule has 0 unspecified atom stereocenters. The van der Waals surface area contributed by atoms with Crippen molar-refractivity contribution in [1.82, 2.24) is 4.90 Å². The minimum absolute atomic E-state index is 0.0849. The van der Waals surface area contributed by atoms with Gasteiger partial charge in [0.05, 0.1) is 6.10 Å². The van der Waals surface area contributed by atoms with E-state index in [1.54, 1.807) is 4.90 Å². The van der Waals surface area contributed by atoms with Gasteiger partial charge in [-0.25, -0.2) is 0 Å². The van der Waals surface area contributed by atoms with E-state index in [0.717, 1.165) is 6.54 Å². The molecule has 0 saturated heterocycles. The van der Waals surface area contributed by atoms with Gasteiger partial charge in [-0.15, -0.1) is 0 Å². The summed E-state index contributed by atoms with van der Waals surface area (Å²) < 4.78 is 5.28. The summed E-state index contributed by atoms with van der Waals surface area (Å²) in [6.45, 7) is 4.95. The molecule has 1 aliphatic carbocycles. The number of nitrogens with zero attached hydrogens (tertiary/aromatic N) is 1. The van der Waals surface area contributed by atoms with E-state index in [-0.39, 0.29) is 18.6 Å². The normalized spacial score (nSPS) is 25.1. The zero-order chi connectivity index (χ0) is 11.4. The molecule has 1 fully saturated rings. The van der Waals surface area contributed by atoms with E-state index in [4.69, 9.17) is 4.74 Å². The van der Waals surface area contributed by atoms with Crippen LogP contribution in [0.25, 0.3) is 0 Å². The number of carbonyl (C=O) groups excluding carboxylic acids is 1. The molecule has 1 rings (SSSR count). The van der Waals surface area contributed by atoms with Crippen molar-refractivity contribution in [3.63, 3.8) is 0 Å². The first-order valence-electron chi connectivity index (χ1n) is 5.48. The molecule has 0 spiro atoms. The average Bonchev–Trinajstić information content (AvgIpc) is 2.11. The summed E-state index contributed by atoms with van der Waals surface area (Å²) in [5.74, 6) is 0.754. The van der Waals surface area contributed by atoms with E-state index < -0.39 is 0 Å². The Kier molecular flexibility index (Phi) is 5.06. The van der Waals surface area contributed by atoms with Crippen LogP contribution in [0.1, 0.15) is 26.7 Å². The molecule has 0 bridgehead atoms. The Labute approximate surface area is 100 Å². The number of likely N-dealkylation sites (N-methyl/N-ethyl adjacent to an activating group) is 1. The minimum atomic E-state index is 0.0849. The average molecular weight is 278 g/mol. The van der Waals surface area contributed by atoms with Crippen LogP contribution in [0.15, 0.2) is 0 Å². The Morgan fingerprint density at radius 1 is 1.53 bits per heavy atom. The highest BCUT2D eigenvalue weighted by atomic mass is 79.9. The molecule has 0 atom stereocenters. The van der Waals surface area contributed by atoms with Crippen molar-refractivity contribution in [2.45, 2.75) is 37.6 Å². The van der Waals surface area contributed by atoms with Gasteiger partial charge in [0.1, 0.15) is 6.61 Å². The third kappa shape index (κ3) is 4.51. The largest absolute Gasteiger partial charge is 0.369 e. The summed E-state index contributed by atoms with van der Waals surface area (Å²) in [5.41, 5.74) is 0. The maximum absolute atomic E-state index is 11.6. The molecule has 4 heteroatoms. The molecule has 0 aromatic heterocycles. The monoisotopic (exact) mass is 277 g/mol. The number of hydrogen-bond acceptors (Lipinski definition) is 2. The zero-order valence-corrected chi connectivity index (χ0v) is 11.3. The Morgan fingerprint density at radius 3 is 2.60 bits per heavy atom. The van der Waals surface area contributed by atoms with E-state index in [9.17, 15) is 4.79 Å². The van der Waals surface area contributed by atoms with Crippen LogP contribution in [0.3, 0.4) is 0 Å². The molecule has 0 aliphatic heterocycles. The lowest BCUT2D eigenvalue weighted by Crippen LogP contribution is -2.39. The third-order valence-electron chi connectivity index (χ3n) is 2.68. The predicted octanol–water partition coefficient (Wildman–Crippen LogP) is 2.04. The second-order valence-corrected chi connectivity index (χ2v) is 5.86. The summed E-state index contributed by atoms with van der Waals surface area (Å²) in [6.07, 6.45) is 2.49. The van der Waals surface area contributed by atoms with Crippen molar-refractivity contribution >= 4 is 21.8 Å². The number of ether oxygens (including phenoxy) is 1. The van der Waals surface area contributed by atoms with Gasteiger partial charge in [-0.2, -0.15) is 0 Å². The Bertz CT molecular complexity index is 215. The molecule has 1 amide bonds. The smallest absolute Gasteiger partial charge is 0.248 e. The Balaban J connectivity index is 2.15. The van der Waals surface area contributed by atoms with Crippen LogP contribution in [0.4, 0.5) is 0 Å². The molecule has 0 radical (unpaired) electrons. The molecule has 1 saturated carbocycles. The Morgan fingerprint density at radius 2 is 2.13 bits per heavy atom. The first-order valence-corrected chi connectivity index (χ1v) is 6.40. The topological polar surface area (TPSA) is 29.5 Å². The molecular weight excluding hydrogens is 258 g/mol. The lowest BCUT2D eigenvalue weighted by atomic mass is 9.85. The molecular formula is C11H20BrNO2. The number of halogens is 1. The van der Waals surface area contributed by atoms with E-state index in [1.165, 1.54) is 12.8 Å². The lowest BCUT2D eigenvalue weighted by Gasteiger charge is -2.34. The second-order valence-electron chi connectivity index (χ2n) is 4.57. The minimum Gasteiger partial charge on any atom is -0.369 e. The first kappa shape index (κ1) is 13.0. The van der Waals surface area contributed by atoms with E-state index >= 15 is 0 Å². The molecule has 15 heavy (non-hydrogen) atoms. The van der Waals surface area contributed by atoms with E-state index in [0.29, 0.717) is 10.7 Å². The fraction of sp³-hybridized carbons (Fsp3) is 0.909. The predicted molar refractivity (Wildman–Crippen MR) is 64.2 cm³/mol.